The normalized spacial score (nSPS) is 10.8. The fourth-order valence-electron chi connectivity index (χ4n) is 1.93. The number of hydrogen-bond donors (Lipinski definition) is 1. The summed E-state index contributed by atoms with van der Waals surface area (Å²) in [6, 6.07) is 6.51. The minimum atomic E-state index is 0.530. The van der Waals surface area contributed by atoms with Gasteiger partial charge in [-0.2, -0.15) is 0 Å². The Morgan fingerprint density at radius 2 is 2.06 bits per heavy atom. The molecular formula is C14H18N2S. The third-order valence-corrected chi connectivity index (χ3v) is 4.11. The minimum Gasteiger partial charge on any atom is -0.325 e. The van der Waals surface area contributed by atoms with E-state index in [1.165, 1.54) is 21.6 Å². The van der Waals surface area contributed by atoms with E-state index in [4.69, 9.17) is 5.73 Å². The van der Waals surface area contributed by atoms with Crippen molar-refractivity contribution in [3.63, 3.8) is 0 Å². The van der Waals surface area contributed by atoms with E-state index in [9.17, 15) is 0 Å². The van der Waals surface area contributed by atoms with Crippen LogP contribution in [0.15, 0.2) is 18.2 Å². The molecule has 1 heterocycles. The molecule has 0 atom stereocenters. The number of aryl methyl sites for hydroxylation is 3. The van der Waals surface area contributed by atoms with E-state index >= 15 is 0 Å². The summed E-state index contributed by atoms with van der Waals surface area (Å²) in [4.78, 5) is 6.00. The molecule has 2 N–H and O–H groups in total. The van der Waals surface area contributed by atoms with Crippen molar-refractivity contribution in [1.82, 2.24) is 4.98 Å². The number of rotatable bonds is 3. The Bertz CT molecular complexity index is 529. The number of hydrogen-bond acceptors (Lipinski definition) is 3. The van der Waals surface area contributed by atoms with Gasteiger partial charge in [0.1, 0.15) is 5.01 Å². The summed E-state index contributed by atoms with van der Waals surface area (Å²) >= 11 is 1.73. The van der Waals surface area contributed by atoms with E-state index in [1.807, 2.05) is 0 Å². The molecule has 1 aromatic carbocycles. The Hall–Kier alpha value is -1.19. The molecule has 0 aliphatic heterocycles. The second kappa shape index (κ2) is 4.98. The molecule has 0 saturated carbocycles. The fourth-order valence-corrected chi connectivity index (χ4v) is 2.83. The average molecular weight is 246 g/mol. The van der Waals surface area contributed by atoms with Crippen LogP contribution in [0.25, 0.3) is 11.3 Å². The Morgan fingerprint density at radius 1 is 1.29 bits per heavy atom. The van der Waals surface area contributed by atoms with Gasteiger partial charge in [0.2, 0.25) is 0 Å². The first-order chi connectivity index (χ1) is 8.15. The maximum atomic E-state index is 5.68. The SMILES string of the molecule is CCc1sc(CN)nc1-c1cc(C)ccc1C. The molecule has 3 heteroatoms. The number of thiazole rings is 1. The van der Waals surface area contributed by atoms with E-state index in [2.05, 4.69) is 44.0 Å². The number of nitrogens with zero attached hydrogens (tertiary/aromatic N) is 1. The zero-order chi connectivity index (χ0) is 12.4. The van der Waals surface area contributed by atoms with Gasteiger partial charge >= 0.3 is 0 Å². The van der Waals surface area contributed by atoms with Crippen LogP contribution >= 0.6 is 11.3 Å². The molecule has 1 aromatic heterocycles. The first kappa shape index (κ1) is 12.3. The second-order valence-electron chi connectivity index (χ2n) is 4.26. The van der Waals surface area contributed by atoms with Crippen LogP contribution in [0.1, 0.15) is 27.9 Å². The maximum Gasteiger partial charge on any atom is 0.107 e. The largest absolute Gasteiger partial charge is 0.325 e. The monoisotopic (exact) mass is 246 g/mol. The lowest BCUT2D eigenvalue weighted by Crippen LogP contribution is -1.95. The van der Waals surface area contributed by atoms with Crippen LogP contribution in [0.4, 0.5) is 0 Å². The third kappa shape index (κ3) is 2.40. The van der Waals surface area contributed by atoms with Gasteiger partial charge in [0.25, 0.3) is 0 Å². The number of benzene rings is 1. The topological polar surface area (TPSA) is 38.9 Å². The highest BCUT2D eigenvalue weighted by molar-refractivity contribution is 7.12. The predicted molar refractivity (Wildman–Crippen MR) is 74.3 cm³/mol. The van der Waals surface area contributed by atoms with Crippen LogP contribution in [-0.2, 0) is 13.0 Å². The molecule has 0 bridgehead atoms. The fraction of sp³-hybridized carbons (Fsp3) is 0.357. The molecule has 0 amide bonds. The van der Waals surface area contributed by atoms with Gasteiger partial charge in [-0.3, -0.25) is 0 Å². The van der Waals surface area contributed by atoms with E-state index in [0.717, 1.165) is 17.1 Å². The summed E-state index contributed by atoms with van der Waals surface area (Å²) in [5.74, 6) is 0. The molecule has 0 radical (unpaired) electrons. The molecule has 0 aliphatic rings. The zero-order valence-corrected chi connectivity index (χ0v) is 11.4. The van der Waals surface area contributed by atoms with Crippen LogP contribution in [-0.4, -0.2) is 4.98 Å². The van der Waals surface area contributed by atoms with E-state index < -0.39 is 0 Å². The van der Waals surface area contributed by atoms with Crippen molar-refractivity contribution >= 4 is 11.3 Å². The van der Waals surface area contributed by atoms with E-state index in [0.29, 0.717) is 6.54 Å². The molecule has 0 unspecified atom stereocenters. The first-order valence-electron chi connectivity index (χ1n) is 5.92. The second-order valence-corrected chi connectivity index (χ2v) is 5.42. The van der Waals surface area contributed by atoms with Crippen LogP contribution in [0.5, 0.6) is 0 Å². The van der Waals surface area contributed by atoms with Gasteiger partial charge in [0, 0.05) is 17.0 Å². The van der Waals surface area contributed by atoms with Crippen molar-refractivity contribution in [3.05, 3.63) is 39.2 Å². The third-order valence-electron chi connectivity index (χ3n) is 2.89. The maximum absolute atomic E-state index is 5.68. The molecule has 0 aliphatic carbocycles. The van der Waals surface area contributed by atoms with Gasteiger partial charge in [-0.1, -0.05) is 24.6 Å². The van der Waals surface area contributed by atoms with Gasteiger partial charge in [-0.25, -0.2) is 4.98 Å². The molecule has 2 nitrogen and oxygen atoms in total. The summed E-state index contributed by atoms with van der Waals surface area (Å²) in [5.41, 5.74) is 10.6. The quantitative estimate of drug-likeness (QED) is 0.901. The lowest BCUT2D eigenvalue weighted by Gasteiger charge is -2.06. The van der Waals surface area contributed by atoms with Crippen molar-refractivity contribution in [2.24, 2.45) is 5.73 Å². The Kier molecular flexibility index (Phi) is 3.60. The molecular weight excluding hydrogens is 228 g/mol. The van der Waals surface area contributed by atoms with Crippen molar-refractivity contribution < 1.29 is 0 Å². The van der Waals surface area contributed by atoms with Crippen LogP contribution < -0.4 is 5.73 Å². The van der Waals surface area contributed by atoms with Gasteiger partial charge in [0.05, 0.1) is 5.69 Å². The number of nitrogens with two attached hydrogens (primary N) is 1. The minimum absolute atomic E-state index is 0.530. The summed E-state index contributed by atoms with van der Waals surface area (Å²) in [6.07, 6.45) is 1.01. The Balaban J connectivity index is 2.58. The lowest BCUT2D eigenvalue weighted by molar-refractivity contribution is 1.04. The molecule has 17 heavy (non-hydrogen) atoms. The summed E-state index contributed by atoms with van der Waals surface area (Å²) in [7, 11) is 0. The van der Waals surface area contributed by atoms with E-state index in [1.54, 1.807) is 11.3 Å². The van der Waals surface area contributed by atoms with Crippen molar-refractivity contribution in [1.29, 1.82) is 0 Å². The highest BCUT2D eigenvalue weighted by atomic mass is 32.1. The number of aromatic nitrogens is 1. The first-order valence-corrected chi connectivity index (χ1v) is 6.73. The molecule has 2 aromatic rings. The van der Waals surface area contributed by atoms with Crippen LogP contribution in [0.2, 0.25) is 0 Å². The Morgan fingerprint density at radius 3 is 2.71 bits per heavy atom. The highest BCUT2D eigenvalue weighted by Crippen LogP contribution is 2.31. The van der Waals surface area contributed by atoms with Crippen LogP contribution in [0, 0.1) is 13.8 Å². The Labute approximate surface area is 107 Å². The predicted octanol–water partition coefficient (Wildman–Crippen LogP) is 3.45. The highest BCUT2D eigenvalue weighted by Gasteiger charge is 2.12. The average Bonchev–Trinajstić information content (AvgIpc) is 2.75. The van der Waals surface area contributed by atoms with Gasteiger partial charge in [0.15, 0.2) is 0 Å². The van der Waals surface area contributed by atoms with Gasteiger partial charge in [-0.05, 0) is 31.9 Å². The molecule has 2 rings (SSSR count). The van der Waals surface area contributed by atoms with Crippen molar-refractivity contribution in [2.45, 2.75) is 33.7 Å². The zero-order valence-electron chi connectivity index (χ0n) is 10.6. The smallest absolute Gasteiger partial charge is 0.107 e. The van der Waals surface area contributed by atoms with Crippen molar-refractivity contribution in [3.8, 4) is 11.3 Å². The molecule has 0 fully saturated rings. The summed E-state index contributed by atoms with van der Waals surface area (Å²) in [6.45, 7) is 6.95. The van der Waals surface area contributed by atoms with Gasteiger partial charge < -0.3 is 5.73 Å². The van der Waals surface area contributed by atoms with E-state index in [-0.39, 0.29) is 0 Å². The lowest BCUT2D eigenvalue weighted by atomic mass is 10.0. The summed E-state index contributed by atoms with van der Waals surface area (Å²) in [5, 5.41) is 1.03. The van der Waals surface area contributed by atoms with Crippen molar-refractivity contribution in [2.75, 3.05) is 0 Å². The molecule has 90 valence electrons. The molecule has 0 saturated heterocycles. The van der Waals surface area contributed by atoms with Crippen LogP contribution in [0.3, 0.4) is 0 Å². The standard InChI is InChI=1S/C14H18N2S/c1-4-12-14(16-13(8-15)17-12)11-7-9(2)5-6-10(11)3/h5-7H,4,8,15H2,1-3H3. The summed E-state index contributed by atoms with van der Waals surface area (Å²) < 4.78 is 0. The van der Waals surface area contributed by atoms with Gasteiger partial charge in [-0.15, -0.1) is 11.3 Å². The molecule has 0 spiro atoms.